The van der Waals surface area contributed by atoms with Crippen molar-refractivity contribution < 1.29 is 22.7 Å². The Morgan fingerprint density at radius 3 is 2.27 bits per heavy atom. The van der Waals surface area contributed by atoms with Crippen molar-refractivity contribution in [2.75, 3.05) is 22.4 Å². The van der Waals surface area contributed by atoms with Crippen LogP contribution in [0.5, 0.6) is 11.5 Å². The van der Waals surface area contributed by atoms with E-state index in [2.05, 4.69) is 15.0 Å². The lowest BCUT2D eigenvalue weighted by Gasteiger charge is -2.14. The lowest BCUT2D eigenvalue weighted by atomic mass is 10.1. The molecule has 2 aromatic carbocycles. The largest absolute Gasteiger partial charge is 0.490 e. The molecule has 174 valence electrons. The molecule has 0 aliphatic heterocycles. The molecule has 0 fully saturated rings. The molecule has 0 bridgehead atoms. The Morgan fingerprint density at radius 1 is 0.909 bits per heavy atom. The fourth-order valence-corrected chi connectivity index (χ4v) is 4.14. The molecule has 0 unspecified atom stereocenters. The fraction of sp³-hybridized carbons (Fsp3) is 0.250. The molecule has 0 atom stereocenters. The van der Waals surface area contributed by atoms with Crippen molar-refractivity contribution >= 4 is 27.3 Å². The molecular formula is C24H27N3O5S. The third kappa shape index (κ3) is 7.21. The average Bonchev–Trinajstić information content (AvgIpc) is 2.80. The second kappa shape index (κ2) is 11.3. The number of hydrogen-bond donors (Lipinski definition) is 2. The molecule has 1 aromatic heterocycles. The van der Waals surface area contributed by atoms with Crippen LogP contribution < -0.4 is 19.5 Å². The molecule has 0 aliphatic rings. The Labute approximate surface area is 194 Å². The van der Waals surface area contributed by atoms with Crippen molar-refractivity contribution in [3.8, 4) is 11.5 Å². The number of hydrogen-bond acceptors (Lipinski definition) is 6. The number of rotatable bonds is 11. The highest BCUT2D eigenvalue weighted by Gasteiger charge is 2.13. The zero-order valence-electron chi connectivity index (χ0n) is 18.6. The van der Waals surface area contributed by atoms with E-state index in [1.807, 2.05) is 19.1 Å². The van der Waals surface area contributed by atoms with Crippen LogP contribution in [0.15, 0.2) is 67.0 Å². The van der Waals surface area contributed by atoms with Crippen molar-refractivity contribution in [3.05, 3.63) is 78.1 Å². The van der Waals surface area contributed by atoms with E-state index in [0.29, 0.717) is 48.1 Å². The maximum atomic E-state index is 12.7. The number of anilines is 2. The Balaban J connectivity index is 1.67. The van der Waals surface area contributed by atoms with Crippen LogP contribution in [0.4, 0.5) is 11.4 Å². The van der Waals surface area contributed by atoms with Crippen molar-refractivity contribution in [2.24, 2.45) is 0 Å². The molecule has 3 aromatic rings. The smallest absolute Gasteiger partial charge is 0.255 e. The number of pyridine rings is 1. The zero-order valence-corrected chi connectivity index (χ0v) is 19.4. The maximum Gasteiger partial charge on any atom is 0.255 e. The zero-order chi connectivity index (χ0) is 23.7. The van der Waals surface area contributed by atoms with Crippen molar-refractivity contribution in [3.63, 3.8) is 0 Å². The van der Waals surface area contributed by atoms with Crippen LogP contribution in [0.25, 0.3) is 0 Å². The predicted molar refractivity (Wildman–Crippen MR) is 128 cm³/mol. The fourth-order valence-electron chi connectivity index (χ4n) is 3.00. The molecule has 0 radical (unpaired) electrons. The van der Waals surface area contributed by atoms with Gasteiger partial charge in [0.25, 0.3) is 5.91 Å². The van der Waals surface area contributed by atoms with E-state index in [-0.39, 0.29) is 11.7 Å². The third-order valence-electron chi connectivity index (χ3n) is 4.54. The highest BCUT2D eigenvalue weighted by molar-refractivity contribution is 7.92. The molecule has 33 heavy (non-hydrogen) atoms. The first-order chi connectivity index (χ1) is 15.9. The first kappa shape index (κ1) is 24.1. The van der Waals surface area contributed by atoms with E-state index in [1.165, 1.54) is 0 Å². The van der Waals surface area contributed by atoms with Crippen LogP contribution in [0.2, 0.25) is 0 Å². The third-order valence-corrected chi connectivity index (χ3v) is 6.03. The van der Waals surface area contributed by atoms with Gasteiger partial charge in [-0.15, -0.1) is 0 Å². The number of benzene rings is 2. The molecule has 8 nitrogen and oxygen atoms in total. The van der Waals surface area contributed by atoms with Gasteiger partial charge in [0.1, 0.15) is 6.61 Å². The molecule has 0 saturated carbocycles. The molecular weight excluding hydrogens is 442 g/mol. The van der Waals surface area contributed by atoms with Crippen LogP contribution in [0.1, 0.15) is 36.2 Å². The van der Waals surface area contributed by atoms with Gasteiger partial charge in [-0.25, -0.2) is 8.42 Å². The standard InChI is InChI=1S/C24H27N3O5S/c1-3-15-33(29,30)27-21-8-6-20(7-9-21)26-24(28)19-5-10-22(23(16-19)31-4-2)32-17-18-11-13-25-14-12-18/h5-14,16,27H,3-4,15,17H2,1-2H3,(H,26,28). The van der Waals surface area contributed by atoms with Gasteiger partial charge in [0.05, 0.1) is 12.4 Å². The minimum Gasteiger partial charge on any atom is -0.490 e. The summed E-state index contributed by atoms with van der Waals surface area (Å²) >= 11 is 0. The second-order valence-electron chi connectivity index (χ2n) is 7.19. The maximum absolute atomic E-state index is 12.7. The van der Waals surface area contributed by atoms with Crippen molar-refractivity contribution in [1.29, 1.82) is 0 Å². The van der Waals surface area contributed by atoms with Gasteiger partial charge in [0.15, 0.2) is 11.5 Å². The van der Waals surface area contributed by atoms with Gasteiger partial charge in [0, 0.05) is 29.3 Å². The summed E-state index contributed by atoms with van der Waals surface area (Å²) in [4.78, 5) is 16.7. The number of carbonyl (C=O) groups excluding carboxylic acids is 1. The first-order valence-electron chi connectivity index (χ1n) is 10.6. The monoisotopic (exact) mass is 469 g/mol. The SMILES string of the molecule is CCCS(=O)(=O)Nc1ccc(NC(=O)c2ccc(OCc3ccncc3)c(OCC)c2)cc1. The van der Waals surface area contributed by atoms with E-state index in [0.717, 1.165) is 5.56 Å². The van der Waals surface area contributed by atoms with Gasteiger partial charge in [-0.2, -0.15) is 0 Å². The number of nitrogens with zero attached hydrogens (tertiary/aromatic N) is 1. The van der Waals surface area contributed by atoms with Gasteiger partial charge in [-0.05, 0) is 73.5 Å². The molecule has 9 heteroatoms. The molecule has 2 N–H and O–H groups in total. The van der Waals surface area contributed by atoms with Gasteiger partial charge in [-0.3, -0.25) is 14.5 Å². The number of amides is 1. The van der Waals surface area contributed by atoms with Crippen molar-refractivity contribution in [2.45, 2.75) is 26.9 Å². The molecule has 0 spiro atoms. The highest BCUT2D eigenvalue weighted by atomic mass is 32.2. The summed E-state index contributed by atoms with van der Waals surface area (Å²) in [5, 5.41) is 2.80. The Morgan fingerprint density at radius 2 is 1.61 bits per heavy atom. The minimum atomic E-state index is -3.37. The number of nitrogens with one attached hydrogen (secondary N) is 2. The van der Waals surface area contributed by atoms with Crippen LogP contribution in [-0.4, -0.2) is 31.7 Å². The highest BCUT2D eigenvalue weighted by Crippen LogP contribution is 2.30. The summed E-state index contributed by atoms with van der Waals surface area (Å²) in [6, 6.07) is 15.2. The van der Waals surface area contributed by atoms with Gasteiger partial charge < -0.3 is 14.8 Å². The summed E-state index contributed by atoms with van der Waals surface area (Å²) in [5.41, 5.74) is 2.35. The molecule has 0 aliphatic carbocycles. The molecule has 1 heterocycles. The molecule has 3 rings (SSSR count). The van der Waals surface area contributed by atoms with Crippen LogP contribution in [-0.2, 0) is 16.6 Å². The van der Waals surface area contributed by atoms with E-state index in [1.54, 1.807) is 61.8 Å². The number of sulfonamides is 1. The Hall–Kier alpha value is -3.59. The summed E-state index contributed by atoms with van der Waals surface area (Å²) in [6.45, 7) is 4.43. The Kier molecular flexibility index (Phi) is 8.26. The first-order valence-corrected chi connectivity index (χ1v) is 12.3. The molecule has 0 saturated heterocycles. The summed E-state index contributed by atoms with van der Waals surface area (Å²) in [7, 11) is -3.37. The summed E-state index contributed by atoms with van der Waals surface area (Å²) in [6.07, 6.45) is 3.92. The minimum absolute atomic E-state index is 0.0515. The van der Waals surface area contributed by atoms with E-state index >= 15 is 0 Å². The average molecular weight is 470 g/mol. The van der Waals surface area contributed by atoms with Crippen LogP contribution >= 0.6 is 0 Å². The van der Waals surface area contributed by atoms with Crippen LogP contribution in [0.3, 0.4) is 0 Å². The topological polar surface area (TPSA) is 107 Å². The normalized spacial score (nSPS) is 11.0. The summed E-state index contributed by atoms with van der Waals surface area (Å²) in [5.74, 6) is 0.736. The van der Waals surface area contributed by atoms with E-state index < -0.39 is 10.0 Å². The van der Waals surface area contributed by atoms with Crippen molar-refractivity contribution in [1.82, 2.24) is 4.98 Å². The van der Waals surface area contributed by atoms with Gasteiger partial charge in [0.2, 0.25) is 10.0 Å². The van der Waals surface area contributed by atoms with Gasteiger partial charge in [-0.1, -0.05) is 6.92 Å². The summed E-state index contributed by atoms with van der Waals surface area (Å²) < 4.78 is 37.8. The lowest BCUT2D eigenvalue weighted by molar-refractivity contribution is 0.102. The van der Waals surface area contributed by atoms with E-state index in [9.17, 15) is 13.2 Å². The lowest BCUT2D eigenvalue weighted by Crippen LogP contribution is -2.16. The molecule has 1 amide bonds. The van der Waals surface area contributed by atoms with E-state index in [4.69, 9.17) is 9.47 Å². The quantitative estimate of drug-likeness (QED) is 0.429. The number of ether oxygens (including phenoxy) is 2. The predicted octanol–water partition coefficient (Wildman–Crippen LogP) is 4.46. The van der Waals surface area contributed by atoms with Gasteiger partial charge >= 0.3 is 0 Å². The Bertz CT molecular complexity index is 1170. The second-order valence-corrected chi connectivity index (χ2v) is 9.03. The van der Waals surface area contributed by atoms with Crippen LogP contribution in [0, 0.1) is 0 Å². The number of carbonyl (C=O) groups is 1. The number of aromatic nitrogens is 1.